The third kappa shape index (κ3) is 1.74. The van der Waals surface area contributed by atoms with Gasteiger partial charge in [-0.2, -0.15) is 0 Å². The highest BCUT2D eigenvalue weighted by atomic mass is 16.5. The zero-order valence-corrected chi connectivity index (χ0v) is 16.6. The van der Waals surface area contributed by atoms with Gasteiger partial charge < -0.3 is 14.9 Å². The van der Waals surface area contributed by atoms with Gasteiger partial charge >= 0.3 is 5.97 Å². The molecule has 25 heavy (non-hydrogen) atoms. The zero-order chi connectivity index (χ0) is 18.7. The molecule has 4 rings (SSSR count). The molecule has 4 heteroatoms. The predicted octanol–water partition coefficient (Wildman–Crippen LogP) is 3.29. The topological polar surface area (TPSA) is 66.8 Å². The molecule has 6 atom stereocenters. The van der Waals surface area contributed by atoms with E-state index in [-0.39, 0.29) is 28.1 Å². The first-order valence-corrected chi connectivity index (χ1v) is 9.87. The molecule has 4 fully saturated rings. The summed E-state index contributed by atoms with van der Waals surface area (Å²) in [6.07, 6.45) is 3.79. The van der Waals surface area contributed by atoms with Crippen LogP contribution in [0.5, 0.6) is 0 Å². The Labute approximate surface area is 151 Å². The summed E-state index contributed by atoms with van der Waals surface area (Å²) in [6.45, 7) is 13.0. The summed E-state index contributed by atoms with van der Waals surface area (Å²) in [5.41, 5.74) is -2.37. The standard InChI is InChI=1S/C21H34O4/c1-13(2)17(6,9-16(3,4)5)15(22)25-12-18-7-14-8-19(23)11-20(24,10-18)21(14,18)19/h13-14,23-24H,7-12H2,1-6H3. The van der Waals surface area contributed by atoms with Gasteiger partial charge in [0.25, 0.3) is 0 Å². The Hall–Kier alpha value is -0.610. The highest BCUT2D eigenvalue weighted by molar-refractivity contribution is 5.77. The molecule has 4 aliphatic carbocycles. The van der Waals surface area contributed by atoms with Crippen LogP contribution in [-0.4, -0.2) is 34.0 Å². The van der Waals surface area contributed by atoms with Crippen LogP contribution in [0.2, 0.25) is 0 Å². The van der Waals surface area contributed by atoms with Crippen molar-refractivity contribution in [3.63, 3.8) is 0 Å². The van der Waals surface area contributed by atoms with Crippen molar-refractivity contribution in [3.8, 4) is 0 Å². The van der Waals surface area contributed by atoms with E-state index < -0.39 is 16.6 Å². The summed E-state index contributed by atoms with van der Waals surface area (Å²) < 4.78 is 5.89. The van der Waals surface area contributed by atoms with Crippen molar-refractivity contribution < 1.29 is 19.7 Å². The fourth-order valence-corrected chi connectivity index (χ4v) is 7.73. The maximum absolute atomic E-state index is 13.0. The van der Waals surface area contributed by atoms with Gasteiger partial charge in [-0.3, -0.25) is 4.79 Å². The Morgan fingerprint density at radius 3 is 2.20 bits per heavy atom. The molecular weight excluding hydrogens is 316 g/mol. The first-order chi connectivity index (χ1) is 11.3. The molecule has 0 saturated heterocycles. The minimum Gasteiger partial charge on any atom is -0.465 e. The van der Waals surface area contributed by atoms with Crippen LogP contribution >= 0.6 is 0 Å². The van der Waals surface area contributed by atoms with Crippen LogP contribution in [0.4, 0.5) is 0 Å². The van der Waals surface area contributed by atoms with E-state index >= 15 is 0 Å². The minimum absolute atomic E-state index is 0.0511. The molecule has 0 aromatic heterocycles. The molecule has 0 amide bonds. The number of ether oxygens (including phenoxy) is 1. The SMILES string of the molecule is CC(C)C(C)(CC(C)(C)C)C(=O)OCC12CC3CC4(O)CC(O)(C1)C342. The molecule has 0 radical (unpaired) electrons. The van der Waals surface area contributed by atoms with E-state index in [4.69, 9.17) is 4.74 Å². The van der Waals surface area contributed by atoms with Gasteiger partial charge in [0, 0.05) is 17.3 Å². The largest absolute Gasteiger partial charge is 0.465 e. The van der Waals surface area contributed by atoms with E-state index in [0.29, 0.717) is 25.4 Å². The lowest BCUT2D eigenvalue weighted by molar-refractivity contribution is -0.545. The van der Waals surface area contributed by atoms with E-state index in [1.54, 1.807) is 0 Å². The first-order valence-electron chi connectivity index (χ1n) is 9.87. The lowest BCUT2D eigenvalue weighted by Crippen LogP contribution is -3.01. The molecule has 6 unspecified atom stereocenters. The minimum atomic E-state index is -0.692. The Kier molecular flexibility index (Phi) is 3.16. The van der Waals surface area contributed by atoms with Crippen LogP contribution in [0.1, 0.15) is 73.6 Å². The van der Waals surface area contributed by atoms with Gasteiger partial charge in [-0.1, -0.05) is 34.6 Å². The second-order valence-corrected chi connectivity index (χ2v) is 11.5. The smallest absolute Gasteiger partial charge is 0.312 e. The maximum atomic E-state index is 13.0. The first kappa shape index (κ1) is 17.8. The summed E-state index contributed by atoms with van der Waals surface area (Å²) in [4.78, 5) is 13.0. The van der Waals surface area contributed by atoms with Crippen molar-refractivity contribution in [3.05, 3.63) is 0 Å². The quantitative estimate of drug-likeness (QED) is 0.747. The predicted molar refractivity (Wildman–Crippen MR) is 94.7 cm³/mol. The molecule has 1 spiro atoms. The Morgan fingerprint density at radius 2 is 1.76 bits per heavy atom. The van der Waals surface area contributed by atoms with Crippen molar-refractivity contribution in [2.75, 3.05) is 6.61 Å². The molecule has 4 saturated carbocycles. The molecular formula is C21H34O4. The van der Waals surface area contributed by atoms with Crippen LogP contribution in [0, 0.1) is 33.5 Å². The summed E-state index contributed by atoms with van der Waals surface area (Å²) in [5, 5.41) is 21.5. The van der Waals surface area contributed by atoms with E-state index in [1.165, 1.54) is 0 Å². The average molecular weight is 350 g/mol. The van der Waals surface area contributed by atoms with E-state index in [0.717, 1.165) is 19.3 Å². The third-order valence-corrected chi connectivity index (χ3v) is 8.47. The van der Waals surface area contributed by atoms with Gasteiger partial charge in [-0.25, -0.2) is 0 Å². The fourth-order valence-electron chi connectivity index (χ4n) is 7.73. The van der Waals surface area contributed by atoms with Gasteiger partial charge in [-0.05, 0) is 49.9 Å². The number of carbonyl (C=O) groups is 1. The van der Waals surface area contributed by atoms with E-state index in [1.807, 2.05) is 6.92 Å². The van der Waals surface area contributed by atoms with Gasteiger partial charge in [0.15, 0.2) is 0 Å². The monoisotopic (exact) mass is 350 g/mol. The number of hydrogen-bond donors (Lipinski definition) is 2. The molecule has 2 N–H and O–H groups in total. The number of rotatable bonds is 5. The number of esters is 1. The van der Waals surface area contributed by atoms with Crippen LogP contribution in [-0.2, 0) is 9.53 Å². The number of hydrogen-bond acceptors (Lipinski definition) is 4. The van der Waals surface area contributed by atoms with Crippen molar-refractivity contribution >= 4 is 5.97 Å². The van der Waals surface area contributed by atoms with Crippen LogP contribution in [0.15, 0.2) is 0 Å². The fraction of sp³-hybridized carbons (Fsp3) is 0.952. The zero-order valence-electron chi connectivity index (χ0n) is 16.6. The molecule has 0 heterocycles. The molecule has 0 aromatic carbocycles. The summed E-state index contributed by atoms with van der Waals surface area (Å²) in [6, 6.07) is 0. The highest BCUT2D eigenvalue weighted by Gasteiger charge is 2.99. The third-order valence-electron chi connectivity index (χ3n) is 8.47. The van der Waals surface area contributed by atoms with E-state index in [9.17, 15) is 15.0 Å². The summed E-state index contributed by atoms with van der Waals surface area (Å²) in [7, 11) is 0. The Bertz CT molecular complexity index is 626. The molecule has 4 aliphatic rings. The molecule has 0 aliphatic heterocycles. The Morgan fingerprint density at radius 1 is 1.12 bits per heavy atom. The lowest BCUT2D eigenvalue weighted by Gasteiger charge is -2.95. The normalized spacial score (nSPS) is 48.8. The lowest BCUT2D eigenvalue weighted by atomic mass is 9.10. The second-order valence-electron chi connectivity index (χ2n) is 11.5. The van der Waals surface area contributed by atoms with Gasteiger partial charge in [0.1, 0.15) is 0 Å². The average Bonchev–Trinajstić information content (AvgIpc) is 2.37. The molecule has 142 valence electrons. The second kappa shape index (κ2) is 4.44. The van der Waals surface area contributed by atoms with Crippen LogP contribution in [0.3, 0.4) is 0 Å². The van der Waals surface area contributed by atoms with Crippen LogP contribution < -0.4 is 0 Å². The van der Waals surface area contributed by atoms with Gasteiger partial charge in [-0.15, -0.1) is 0 Å². The van der Waals surface area contributed by atoms with Gasteiger partial charge in [0.2, 0.25) is 0 Å². The molecule has 0 bridgehead atoms. The maximum Gasteiger partial charge on any atom is 0.312 e. The summed E-state index contributed by atoms with van der Waals surface area (Å²) in [5.74, 6) is 0.505. The van der Waals surface area contributed by atoms with E-state index in [2.05, 4.69) is 34.6 Å². The number of aliphatic hydroxyl groups is 2. The Balaban J connectivity index is 1.46. The van der Waals surface area contributed by atoms with Gasteiger partial charge in [0.05, 0.1) is 23.2 Å². The molecule has 4 nitrogen and oxygen atoms in total. The van der Waals surface area contributed by atoms with Crippen LogP contribution in [0.25, 0.3) is 0 Å². The molecule has 0 aromatic rings. The summed E-state index contributed by atoms with van der Waals surface area (Å²) >= 11 is 0. The van der Waals surface area contributed by atoms with Crippen molar-refractivity contribution in [1.82, 2.24) is 0 Å². The van der Waals surface area contributed by atoms with Crippen molar-refractivity contribution in [2.24, 2.45) is 33.5 Å². The van der Waals surface area contributed by atoms with Crippen molar-refractivity contribution in [2.45, 2.75) is 84.8 Å². The van der Waals surface area contributed by atoms with Crippen molar-refractivity contribution in [1.29, 1.82) is 0 Å². The highest BCUT2D eigenvalue weighted by Crippen LogP contribution is 2.95. The number of carbonyl (C=O) groups excluding carboxylic acids is 1.